The summed E-state index contributed by atoms with van der Waals surface area (Å²) in [7, 11) is 0. The Morgan fingerprint density at radius 1 is 1.28 bits per heavy atom. The molecule has 0 spiro atoms. The first kappa shape index (κ1) is 13.6. The molecular formula is C17H27N. The van der Waals surface area contributed by atoms with E-state index in [0.29, 0.717) is 0 Å². The van der Waals surface area contributed by atoms with Crippen LogP contribution in [-0.4, -0.2) is 6.54 Å². The van der Waals surface area contributed by atoms with Crippen molar-refractivity contribution in [2.24, 2.45) is 17.8 Å². The predicted molar refractivity (Wildman–Crippen MR) is 78.7 cm³/mol. The van der Waals surface area contributed by atoms with Gasteiger partial charge in [0.05, 0.1) is 0 Å². The summed E-state index contributed by atoms with van der Waals surface area (Å²) in [6, 6.07) is 9.13. The van der Waals surface area contributed by atoms with Gasteiger partial charge in [-0.3, -0.25) is 0 Å². The minimum atomic E-state index is 0.747. The molecule has 1 aromatic carbocycles. The minimum absolute atomic E-state index is 0.747. The fraction of sp³-hybridized carbons (Fsp3) is 0.647. The third kappa shape index (κ3) is 3.58. The second-order valence-corrected chi connectivity index (χ2v) is 6.42. The number of hydrogen-bond acceptors (Lipinski definition) is 1. The highest BCUT2D eigenvalue weighted by Gasteiger charge is 2.33. The Kier molecular flexibility index (Phi) is 4.45. The predicted octanol–water partition coefficient (Wildman–Crippen LogP) is 4.19. The van der Waals surface area contributed by atoms with Crippen LogP contribution in [0.4, 0.5) is 0 Å². The Hall–Kier alpha value is -0.820. The lowest BCUT2D eigenvalue weighted by Crippen LogP contribution is -2.23. The lowest BCUT2D eigenvalue weighted by molar-refractivity contribution is 0.392. The maximum absolute atomic E-state index is 3.58. The largest absolute Gasteiger partial charge is 0.312 e. The van der Waals surface area contributed by atoms with Gasteiger partial charge in [0.25, 0.3) is 0 Å². The first-order valence-corrected chi connectivity index (χ1v) is 7.37. The van der Waals surface area contributed by atoms with Gasteiger partial charge in [0, 0.05) is 6.54 Å². The molecule has 0 amide bonds. The second kappa shape index (κ2) is 5.88. The second-order valence-electron chi connectivity index (χ2n) is 6.42. The fourth-order valence-electron chi connectivity index (χ4n) is 2.40. The fourth-order valence-corrected chi connectivity index (χ4v) is 2.40. The van der Waals surface area contributed by atoms with Crippen LogP contribution >= 0.6 is 0 Å². The van der Waals surface area contributed by atoms with Crippen LogP contribution in [0.5, 0.6) is 0 Å². The van der Waals surface area contributed by atoms with E-state index in [-0.39, 0.29) is 0 Å². The average molecular weight is 245 g/mol. The van der Waals surface area contributed by atoms with Crippen LogP contribution in [0.15, 0.2) is 24.3 Å². The normalized spacial score (nSPS) is 24.3. The molecule has 2 rings (SSSR count). The van der Waals surface area contributed by atoms with Gasteiger partial charge in [0.1, 0.15) is 0 Å². The highest BCUT2D eigenvalue weighted by molar-refractivity contribution is 5.30. The average Bonchev–Trinajstić information content (AvgIpc) is 3.06. The van der Waals surface area contributed by atoms with Gasteiger partial charge in [0.15, 0.2) is 0 Å². The summed E-state index contributed by atoms with van der Waals surface area (Å²) < 4.78 is 0. The molecule has 1 aliphatic rings. The highest BCUT2D eigenvalue weighted by Crippen LogP contribution is 2.46. The van der Waals surface area contributed by atoms with Crippen LogP contribution in [-0.2, 0) is 6.54 Å². The van der Waals surface area contributed by atoms with Gasteiger partial charge in [0.2, 0.25) is 0 Å². The molecule has 1 N–H and O–H groups in total. The summed E-state index contributed by atoms with van der Waals surface area (Å²) in [5, 5.41) is 3.58. The highest BCUT2D eigenvalue weighted by atomic mass is 14.9. The molecule has 1 heteroatoms. The van der Waals surface area contributed by atoms with Gasteiger partial charge in [-0.05, 0) is 47.8 Å². The van der Waals surface area contributed by atoms with E-state index in [1.165, 1.54) is 12.0 Å². The standard InChI is InChI=1S/C17H27N/c1-12(2)14(4)10-18-11-15-6-5-7-16(9-15)17-8-13(17)3/h5-7,9,12-14,17-18H,8,10-11H2,1-4H3/t13-,14+,17+/m0/s1. The molecule has 1 saturated carbocycles. The molecule has 0 heterocycles. The van der Waals surface area contributed by atoms with Crippen LogP contribution in [0.25, 0.3) is 0 Å². The van der Waals surface area contributed by atoms with E-state index < -0.39 is 0 Å². The third-order valence-corrected chi connectivity index (χ3v) is 4.42. The molecule has 1 fully saturated rings. The van der Waals surface area contributed by atoms with Crippen molar-refractivity contribution in [1.82, 2.24) is 5.32 Å². The molecule has 3 atom stereocenters. The zero-order valence-electron chi connectivity index (χ0n) is 12.2. The summed E-state index contributed by atoms with van der Waals surface area (Å²) in [5.74, 6) is 3.24. The lowest BCUT2D eigenvalue weighted by Gasteiger charge is -2.16. The summed E-state index contributed by atoms with van der Waals surface area (Å²) in [6.07, 6.45) is 1.38. The molecule has 0 radical (unpaired) electrons. The molecule has 0 saturated heterocycles. The monoisotopic (exact) mass is 245 g/mol. The number of benzene rings is 1. The van der Waals surface area contributed by atoms with Crippen molar-refractivity contribution in [3.8, 4) is 0 Å². The van der Waals surface area contributed by atoms with Crippen LogP contribution in [0.2, 0.25) is 0 Å². The molecule has 0 unspecified atom stereocenters. The maximum atomic E-state index is 3.58. The topological polar surface area (TPSA) is 12.0 Å². The van der Waals surface area contributed by atoms with Gasteiger partial charge < -0.3 is 5.32 Å². The smallest absolute Gasteiger partial charge is 0.0205 e. The van der Waals surface area contributed by atoms with E-state index in [0.717, 1.165) is 36.8 Å². The molecule has 100 valence electrons. The minimum Gasteiger partial charge on any atom is -0.312 e. The molecule has 1 aliphatic carbocycles. The van der Waals surface area contributed by atoms with Crippen LogP contribution in [0.3, 0.4) is 0 Å². The van der Waals surface area contributed by atoms with Crippen LogP contribution in [0, 0.1) is 17.8 Å². The van der Waals surface area contributed by atoms with E-state index in [2.05, 4.69) is 57.3 Å². The zero-order valence-corrected chi connectivity index (χ0v) is 12.2. The van der Waals surface area contributed by atoms with Crippen molar-refractivity contribution < 1.29 is 0 Å². The van der Waals surface area contributed by atoms with Crippen molar-refractivity contribution >= 4 is 0 Å². The van der Waals surface area contributed by atoms with E-state index in [1.807, 2.05) is 0 Å². The quantitative estimate of drug-likeness (QED) is 0.792. The lowest BCUT2D eigenvalue weighted by atomic mass is 9.98. The van der Waals surface area contributed by atoms with Crippen molar-refractivity contribution in [2.45, 2.75) is 46.6 Å². The number of rotatable bonds is 6. The first-order chi connectivity index (χ1) is 8.58. The SMILES string of the molecule is CC(C)[C@H](C)CNCc1cccc([C@@H]2C[C@@H]2C)c1. The first-order valence-electron chi connectivity index (χ1n) is 7.37. The van der Waals surface area contributed by atoms with E-state index in [9.17, 15) is 0 Å². The van der Waals surface area contributed by atoms with Gasteiger partial charge >= 0.3 is 0 Å². The van der Waals surface area contributed by atoms with Crippen molar-refractivity contribution in [3.05, 3.63) is 35.4 Å². The molecule has 1 nitrogen and oxygen atoms in total. The molecule has 0 bridgehead atoms. The van der Waals surface area contributed by atoms with E-state index >= 15 is 0 Å². The maximum Gasteiger partial charge on any atom is 0.0205 e. The van der Waals surface area contributed by atoms with Crippen molar-refractivity contribution in [1.29, 1.82) is 0 Å². The molecule has 0 aromatic heterocycles. The van der Waals surface area contributed by atoms with Gasteiger partial charge in [-0.2, -0.15) is 0 Å². The summed E-state index contributed by atoms with van der Waals surface area (Å²) >= 11 is 0. The van der Waals surface area contributed by atoms with Crippen molar-refractivity contribution in [2.75, 3.05) is 6.54 Å². The van der Waals surface area contributed by atoms with E-state index in [4.69, 9.17) is 0 Å². The molecule has 0 aliphatic heterocycles. The molecular weight excluding hydrogens is 218 g/mol. The third-order valence-electron chi connectivity index (χ3n) is 4.42. The summed E-state index contributed by atoms with van der Waals surface area (Å²) in [6.45, 7) is 11.4. The Labute approximate surface area is 112 Å². The molecule has 1 aromatic rings. The number of nitrogens with one attached hydrogen (secondary N) is 1. The Morgan fingerprint density at radius 3 is 2.61 bits per heavy atom. The summed E-state index contributed by atoms with van der Waals surface area (Å²) in [5.41, 5.74) is 2.97. The van der Waals surface area contributed by atoms with Gasteiger partial charge in [-0.15, -0.1) is 0 Å². The van der Waals surface area contributed by atoms with Gasteiger partial charge in [-0.25, -0.2) is 0 Å². The zero-order chi connectivity index (χ0) is 13.1. The van der Waals surface area contributed by atoms with Crippen LogP contribution in [0.1, 0.15) is 51.2 Å². The van der Waals surface area contributed by atoms with Gasteiger partial charge in [-0.1, -0.05) is 52.0 Å². The Morgan fingerprint density at radius 2 is 2.00 bits per heavy atom. The summed E-state index contributed by atoms with van der Waals surface area (Å²) in [4.78, 5) is 0. The molecule has 18 heavy (non-hydrogen) atoms. The Bertz CT molecular complexity index is 383. The van der Waals surface area contributed by atoms with Crippen LogP contribution < -0.4 is 5.32 Å². The van der Waals surface area contributed by atoms with Crippen molar-refractivity contribution in [3.63, 3.8) is 0 Å². The number of hydrogen-bond donors (Lipinski definition) is 1. The van der Waals surface area contributed by atoms with E-state index in [1.54, 1.807) is 5.56 Å². The Balaban J connectivity index is 1.82.